The number of aromatic nitrogens is 1. The highest BCUT2D eigenvalue weighted by Crippen LogP contribution is 2.19. The Morgan fingerprint density at radius 2 is 1.34 bits per heavy atom. The Bertz CT molecular complexity index is 1310. The molecule has 16 nitrogen and oxygen atoms in total. The molecule has 2 aromatic rings. The molecule has 4 atom stereocenters. The summed E-state index contributed by atoms with van der Waals surface area (Å²) in [5, 5.41) is 34.9. The van der Waals surface area contributed by atoms with E-state index in [4.69, 9.17) is 21.7 Å². The number of carboxylic acid groups (broad SMARTS) is 3. The molecule has 4 unspecified atom stereocenters. The number of nitrogens with two attached hydrogens (primary N) is 2. The number of aromatic amines is 1. The highest BCUT2D eigenvalue weighted by atomic mass is 16.4. The Labute approximate surface area is 232 Å². The lowest BCUT2D eigenvalue weighted by Crippen LogP contribution is -2.58. The number of aliphatic carboxylic acids is 3. The third kappa shape index (κ3) is 10.2. The maximum absolute atomic E-state index is 13.0. The summed E-state index contributed by atoms with van der Waals surface area (Å²) < 4.78 is 0. The first kappa shape index (κ1) is 32.2. The highest BCUT2D eigenvalue weighted by Gasteiger charge is 2.32. The average Bonchev–Trinajstić information content (AvgIpc) is 3.30. The Kier molecular flexibility index (Phi) is 11.8. The van der Waals surface area contributed by atoms with Crippen LogP contribution in [0.15, 0.2) is 30.5 Å². The van der Waals surface area contributed by atoms with Crippen LogP contribution in [0.25, 0.3) is 10.9 Å². The van der Waals surface area contributed by atoms with E-state index >= 15 is 0 Å². The highest BCUT2D eigenvalue weighted by molar-refractivity contribution is 5.96. The van der Waals surface area contributed by atoms with E-state index in [0.717, 1.165) is 10.9 Å². The zero-order chi connectivity index (χ0) is 30.7. The second kappa shape index (κ2) is 15.0. The molecule has 4 amide bonds. The molecule has 1 heterocycles. The number of H-pyrrole nitrogens is 1. The summed E-state index contributed by atoms with van der Waals surface area (Å²) >= 11 is 0. The number of amides is 4. The first-order chi connectivity index (χ1) is 19.3. The number of para-hydroxylation sites is 1. The molecule has 2 rings (SSSR count). The van der Waals surface area contributed by atoms with Crippen LogP contribution in [-0.4, -0.2) is 86.0 Å². The molecule has 0 fully saturated rings. The van der Waals surface area contributed by atoms with Gasteiger partial charge in [0.05, 0.1) is 12.5 Å². The number of hydrogen-bond donors (Lipinski definition) is 9. The lowest BCUT2D eigenvalue weighted by molar-refractivity contribution is -0.142. The van der Waals surface area contributed by atoms with Crippen LogP contribution in [0, 0.1) is 0 Å². The summed E-state index contributed by atoms with van der Waals surface area (Å²) in [6, 6.07) is 1.06. The van der Waals surface area contributed by atoms with Crippen molar-refractivity contribution in [3.8, 4) is 0 Å². The normalized spacial score (nSPS) is 13.8. The third-order valence-corrected chi connectivity index (χ3v) is 6.04. The van der Waals surface area contributed by atoms with Crippen molar-refractivity contribution in [1.82, 2.24) is 20.9 Å². The van der Waals surface area contributed by atoms with Crippen molar-refractivity contribution in [3.05, 3.63) is 36.0 Å². The SMILES string of the molecule is NC(=O)CC(NC(=O)C(CCC(=O)O)NC(=O)C(N)CCC(=O)O)C(=O)NC(Cc1c[nH]c2ccccc12)C(=O)O. The molecule has 11 N–H and O–H groups in total. The summed E-state index contributed by atoms with van der Waals surface area (Å²) in [6.45, 7) is 0. The van der Waals surface area contributed by atoms with Gasteiger partial charge >= 0.3 is 17.9 Å². The molecule has 16 heteroatoms. The van der Waals surface area contributed by atoms with Crippen LogP contribution in [0.5, 0.6) is 0 Å². The van der Waals surface area contributed by atoms with E-state index in [1.165, 1.54) is 0 Å². The van der Waals surface area contributed by atoms with Crippen LogP contribution < -0.4 is 27.4 Å². The number of carbonyl (C=O) groups is 7. The van der Waals surface area contributed by atoms with Gasteiger partial charge in [0.2, 0.25) is 23.6 Å². The van der Waals surface area contributed by atoms with Crippen LogP contribution in [0.3, 0.4) is 0 Å². The van der Waals surface area contributed by atoms with Crippen molar-refractivity contribution in [2.24, 2.45) is 11.5 Å². The fourth-order valence-electron chi connectivity index (χ4n) is 3.90. The first-order valence-corrected chi connectivity index (χ1v) is 12.4. The fraction of sp³-hybridized carbons (Fsp3) is 0.400. The maximum Gasteiger partial charge on any atom is 0.326 e. The van der Waals surface area contributed by atoms with Crippen LogP contribution in [-0.2, 0) is 40.0 Å². The standard InChI is InChI=1S/C25H32N6O10/c26-14(5-7-20(33)34)22(37)29-16(6-8-21(35)36)23(38)30-17(10-19(27)32)24(39)31-18(25(40)41)9-12-11-28-15-4-2-1-3-13(12)15/h1-4,11,14,16-18,28H,5-10,26H2,(H2,27,32)(H,29,37)(H,30,38)(H,31,39)(H,33,34)(H,35,36)(H,40,41). The molecular formula is C25H32N6O10. The molecule has 0 radical (unpaired) electrons. The van der Waals surface area contributed by atoms with Crippen LogP contribution >= 0.6 is 0 Å². The average molecular weight is 577 g/mol. The molecule has 1 aromatic heterocycles. The predicted molar refractivity (Wildman–Crippen MR) is 141 cm³/mol. The van der Waals surface area contributed by atoms with E-state index in [1.54, 1.807) is 30.5 Å². The summed E-state index contributed by atoms with van der Waals surface area (Å²) in [5.74, 6) is -8.01. The number of fused-ring (bicyclic) bond motifs is 1. The second-order valence-corrected chi connectivity index (χ2v) is 9.23. The van der Waals surface area contributed by atoms with E-state index < -0.39 is 91.4 Å². The molecule has 0 aliphatic heterocycles. The van der Waals surface area contributed by atoms with E-state index in [1.807, 2.05) is 0 Å². The van der Waals surface area contributed by atoms with Gasteiger partial charge in [-0.15, -0.1) is 0 Å². The number of primary amides is 1. The third-order valence-electron chi connectivity index (χ3n) is 6.04. The molecule has 0 aliphatic carbocycles. The van der Waals surface area contributed by atoms with Gasteiger partial charge < -0.3 is 47.7 Å². The van der Waals surface area contributed by atoms with Crippen LogP contribution in [0.4, 0.5) is 0 Å². The number of carboxylic acids is 3. The monoisotopic (exact) mass is 576 g/mol. The van der Waals surface area contributed by atoms with Gasteiger partial charge in [-0.05, 0) is 24.5 Å². The molecule has 0 bridgehead atoms. The van der Waals surface area contributed by atoms with E-state index in [9.17, 15) is 38.7 Å². The summed E-state index contributed by atoms with van der Waals surface area (Å²) in [7, 11) is 0. The van der Waals surface area contributed by atoms with Crippen LogP contribution in [0.2, 0.25) is 0 Å². The van der Waals surface area contributed by atoms with Gasteiger partial charge in [-0.3, -0.25) is 28.8 Å². The van der Waals surface area contributed by atoms with Crippen molar-refractivity contribution >= 4 is 52.4 Å². The molecular weight excluding hydrogens is 544 g/mol. The number of benzene rings is 1. The largest absolute Gasteiger partial charge is 0.481 e. The van der Waals surface area contributed by atoms with Gasteiger partial charge in [-0.2, -0.15) is 0 Å². The number of carbonyl (C=O) groups excluding carboxylic acids is 4. The van der Waals surface area contributed by atoms with Crippen molar-refractivity contribution in [2.45, 2.75) is 62.7 Å². The van der Waals surface area contributed by atoms with Gasteiger partial charge in [0, 0.05) is 36.4 Å². The molecule has 0 spiro atoms. The minimum atomic E-state index is -1.67. The minimum Gasteiger partial charge on any atom is -0.481 e. The molecule has 222 valence electrons. The van der Waals surface area contributed by atoms with E-state index in [-0.39, 0.29) is 12.8 Å². The smallest absolute Gasteiger partial charge is 0.326 e. The molecule has 1 aromatic carbocycles. The molecule has 0 saturated heterocycles. The fourth-order valence-corrected chi connectivity index (χ4v) is 3.90. The van der Waals surface area contributed by atoms with Crippen LogP contribution in [0.1, 0.15) is 37.7 Å². The summed E-state index contributed by atoms with van der Waals surface area (Å²) in [5.41, 5.74) is 12.2. The van der Waals surface area contributed by atoms with Gasteiger partial charge in [-0.1, -0.05) is 18.2 Å². The predicted octanol–water partition coefficient (Wildman–Crippen LogP) is -1.82. The first-order valence-electron chi connectivity index (χ1n) is 12.4. The minimum absolute atomic E-state index is 0.145. The molecule has 41 heavy (non-hydrogen) atoms. The van der Waals surface area contributed by atoms with Crippen molar-refractivity contribution < 1.29 is 48.9 Å². The van der Waals surface area contributed by atoms with E-state index in [2.05, 4.69) is 20.9 Å². The molecule has 0 saturated carbocycles. The number of rotatable bonds is 17. The number of nitrogens with one attached hydrogen (secondary N) is 4. The topological polar surface area (TPSA) is 284 Å². The number of hydrogen-bond acceptors (Lipinski definition) is 8. The van der Waals surface area contributed by atoms with Gasteiger partial charge in [-0.25, -0.2) is 4.79 Å². The molecule has 0 aliphatic rings. The van der Waals surface area contributed by atoms with Crippen molar-refractivity contribution in [1.29, 1.82) is 0 Å². The Balaban J connectivity index is 2.18. The zero-order valence-electron chi connectivity index (χ0n) is 21.8. The second-order valence-electron chi connectivity index (χ2n) is 9.23. The lowest BCUT2D eigenvalue weighted by atomic mass is 10.0. The van der Waals surface area contributed by atoms with Crippen molar-refractivity contribution in [3.63, 3.8) is 0 Å². The quantitative estimate of drug-likeness (QED) is 0.101. The Morgan fingerprint density at radius 3 is 1.95 bits per heavy atom. The Morgan fingerprint density at radius 1 is 0.780 bits per heavy atom. The zero-order valence-corrected chi connectivity index (χ0v) is 21.8. The lowest BCUT2D eigenvalue weighted by Gasteiger charge is -2.24. The van der Waals surface area contributed by atoms with Gasteiger partial charge in [0.25, 0.3) is 0 Å². The maximum atomic E-state index is 13.0. The van der Waals surface area contributed by atoms with Gasteiger partial charge in [0.1, 0.15) is 18.1 Å². The van der Waals surface area contributed by atoms with Gasteiger partial charge in [0.15, 0.2) is 0 Å². The van der Waals surface area contributed by atoms with E-state index in [0.29, 0.717) is 5.56 Å². The Hall–Kier alpha value is -4.99. The summed E-state index contributed by atoms with van der Waals surface area (Å²) in [4.78, 5) is 86.8. The summed E-state index contributed by atoms with van der Waals surface area (Å²) in [6.07, 6.45) is -1.03. The van der Waals surface area contributed by atoms with Crippen molar-refractivity contribution in [2.75, 3.05) is 0 Å².